The highest BCUT2D eigenvalue weighted by Gasteiger charge is 2.25. The van der Waals surface area contributed by atoms with Gasteiger partial charge in [0, 0.05) is 42.5 Å². The van der Waals surface area contributed by atoms with E-state index in [1.54, 1.807) is 34.1 Å². The first-order valence-electron chi connectivity index (χ1n) is 8.20. The van der Waals surface area contributed by atoms with Gasteiger partial charge < -0.3 is 15.1 Å². The Kier molecular flexibility index (Phi) is 5.24. The molecule has 5 nitrogen and oxygen atoms in total. The van der Waals surface area contributed by atoms with E-state index in [9.17, 15) is 9.59 Å². The van der Waals surface area contributed by atoms with E-state index in [4.69, 9.17) is 11.6 Å². The first-order valence-corrected chi connectivity index (χ1v) is 8.58. The van der Waals surface area contributed by atoms with Crippen molar-refractivity contribution in [3.05, 3.63) is 64.7 Å². The van der Waals surface area contributed by atoms with Crippen molar-refractivity contribution in [2.24, 2.45) is 0 Å². The summed E-state index contributed by atoms with van der Waals surface area (Å²) in [5, 5.41) is 3.45. The maximum Gasteiger partial charge on any atom is 0.321 e. The molecule has 6 heteroatoms. The molecule has 0 unspecified atom stereocenters. The van der Waals surface area contributed by atoms with Crippen molar-refractivity contribution in [3.63, 3.8) is 0 Å². The minimum absolute atomic E-state index is 0.0544. The summed E-state index contributed by atoms with van der Waals surface area (Å²) in [6.45, 7) is 4.00. The summed E-state index contributed by atoms with van der Waals surface area (Å²) in [6.07, 6.45) is 0. The predicted octanol–water partition coefficient (Wildman–Crippen LogP) is 3.64. The number of aryl methyl sites for hydroxylation is 1. The maximum atomic E-state index is 12.5. The molecule has 0 saturated carbocycles. The zero-order valence-electron chi connectivity index (χ0n) is 14.0. The SMILES string of the molecule is Cc1cccc(NC(=O)N2CCN(C(=O)c3cccc(Cl)c3)CC2)c1. The summed E-state index contributed by atoms with van der Waals surface area (Å²) < 4.78 is 0. The second-order valence-electron chi connectivity index (χ2n) is 6.09. The van der Waals surface area contributed by atoms with Gasteiger partial charge in [-0.3, -0.25) is 4.79 Å². The van der Waals surface area contributed by atoms with Crippen LogP contribution in [0.3, 0.4) is 0 Å². The molecule has 1 heterocycles. The van der Waals surface area contributed by atoms with Crippen molar-refractivity contribution in [1.29, 1.82) is 0 Å². The summed E-state index contributed by atoms with van der Waals surface area (Å²) >= 11 is 5.95. The van der Waals surface area contributed by atoms with Crippen molar-refractivity contribution < 1.29 is 9.59 Å². The average molecular weight is 358 g/mol. The third-order valence-electron chi connectivity index (χ3n) is 4.20. The summed E-state index contributed by atoms with van der Waals surface area (Å²) in [4.78, 5) is 28.3. The molecule has 2 aromatic carbocycles. The number of carbonyl (C=O) groups excluding carboxylic acids is 2. The van der Waals surface area contributed by atoms with Crippen LogP contribution < -0.4 is 5.32 Å². The fourth-order valence-corrected chi connectivity index (χ4v) is 3.03. The van der Waals surface area contributed by atoms with Crippen LogP contribution in [0.1, 0.15) is 15.9 Å². The Morgan fingerprint density at radius 3 is 2.32 bits per heavy atom. The Balaban J connectivity index is 1.56. The van der Waals surface area contributed by atoms with E-state index in [1.807, 2.05) is 31.2 Å². The normalized spacial score (nSPS) is 14.3. The van der Waals surface area contributed by atoms with Crippen LogP contribution >= 0.6 is 11.6 Å². The van der Waals surface area contributed by atoms with E-state index in [0.29, 0.717) is 36.8 Å². The fourth-order valence-electron chi connectivity index (χ4n) is 2.84. The monoisotopic (exact) mass is 357 g/mol. The molecule has 0 aliphatic carbocycles. The summed E-state index contributed by atoms with van der Waals surface area (Å²) in [6, 6.07) is 14.5. The van der Waals surface area contributed by atoms with Crippen LogP contribution in [0.25, 0.3) is 0 Å². The average Bonchev–Trinajstić information content (AvgIpc) is 2.61. The number of anilines is 1. The van der Waals surface area contributed by atoms with Gasteiger partial charge in [-0.25, -0.2) is 4.79 Å². The van der Waals surface area contributed by atoms with Crippen LogP contribution in [0.5, 0.6) is 0 Å². The van der Waals surface area contributed by atoms with Gasteiger partial charge in [-0.05, 0) is 42.8 Å². The minimum atomic E-state index is -0.138. The van der Waals surface area contributed by atoms with Crippen LogP contribution in [0.2, 0.25) is 5.02 Å². The lowest BCUT2D eigenvalue weighted by Crippen LogP contribution is -2.51. The lowest BCUT2D eigenvalue weighted by molar-refractivity contribution is 0.0671. The number of urea groups is 1. The van der Waals surface area contributed by atoms with E-state index >= 15 is 0 Å². The molecule has 0 radical (unpaired) electrons. The Labute approximate surface area is 152 Å². The van der Waals surface area contributed by atoms with Gasteiger partial charge in [0.25, 0.3) is 5.91 Å². The molecule has 1 saturated heterocycles. The Morgan fingerprint density at radius 1 is 0.960 bits per heavy atom. The third kappa shape index (κ3) is 4.31. The maximum absolute atomic E-state index is 12.5. The molecule has 1 fully saturated rings. The molecule has 0 spiro atoms. The predicted molar refractivity (Wildman–Crippen MR) is 99.1 cm³/mol. The smallest absolute Gasteiger partial charge is 0.321 e. The zero-order chi connectivity index (χ0) is 17.8. The molecule has 0 bridgehead atoms. The summed E-state index contributed by atoms with van der Waals surface area (Å²) in [5.41, 5.74) is 2.45. The van der Waals surface area contributed by atoms with Crippen LogP contribution in [0.15, 0.2) is 48.5 Å². The lowest BCUT2D eigenvalue weighted by Gasteiger charge is -2.34. The topological polar surface area (TPSA) is 52.7 Å². The molecule has 0 aromatic heterocycles. The lowest BCUT2D eigenvalue weighted by atomic mass is 10.2. The van der Waals surface area contributed by atoms with Gasteiger partial charge in [0.1, 0.15) is 0 Å². The van der Waals surface area contributed by atoms with Crippen LogP contribution in [0.4, 0.5) is 10.5 Å². The quantitative estimate of drug-likeness (QED) is 0.892. The van der Waals surface area contributed by atoms with Gasteiger partial charge in [0.15, 0.2) is 0 Å². The van der Waals surface area contributed by atoms with Gasteiger partial charge in [-0.1, -0.05) is 29.8 Å². The van der Waals surface area contributed by atoms with E-state index in [0.717, 1.165) is 11.3 Å². The van der Waals surface area contributed by atoms with Gasteiger partial charge in [-0.2, -0.15) is 0 Å². The van der Waals surface area contributed by atoms with Crippen molar-refractivity contribution in [1.82, 2.24) is 9.80 Å². The van der Waals surface area contributed by atoms with E-state index < -0.39 is 0 Å². The molecule has 2 aromatic rings. The minimum Gasteiger partial charge on any atom is -0.335 e. The molecule has 130 valence electrons. The van der Waals surface area contributed by atoms with Crippen LogP contribution in [-0.2, 0) is 0 Å². The number of hydrogen-bond donors (Lipinski definition) is 1. The number of nitrogens with one attached hydrogen (secondary N) is 1. The second kappa shape index (κ2) is 7.57. The molecular weight excluding hydrogens is 338 g/mol. The van der Waals surface area contributed by atoms with E-state index in [2.05, 4.69) is 5.32 Å². The number of carbonyl (C=O) groups is 2. The number of amides is 3. The third-order valence-corrected chi connectivity index (χ3v) is 4.43. The number of hydrogen-bond acceptors (Lipinski definition) is 2. The molecule has 25 heavy (non-hydrogen) atoms. The zero-order valence-corrected chi connectivity index (χ0v) is 14.8. The summed E-state index contributed by atoms with van der Waals surface area (Å²) in [5.74, 6) is -0.0544. The van der Waals surface area contributed by atoms with Crippen molar-refractivity contribution in [3.8, 4) is 0 Å². The Morgan fingerprint density at radius 2 is 1.64 bits per heavy atom. The first kappa shape index (κ1) is 17.3. The van der Waals surface area contributed by atoms with Gasteiger partial charge in [0.2, 0.25) is 0 Å². The van der Waals surface area contributed by atoms with Gasteiger partial charge in [-0.15, -0.1) is 0 Å². The first-order chi connectivity index (χ1) is 12.0. The van der Waals surface area contributed by atoms with Gasteiger partial charge >= 0.3 is 6.03 Å². The molecule has 1 aliphatic rings. The molecule has 0 atom stereocenters. The fraction of sp³-hybridized carbons (Fsp3) is 0.263. The highest BCUT2D eigenvalue weighted by Crippen LogP contribution is 2.15. The number of piperazine rings is 1. The van der Waals surface area contributed by atoms with E-state index in [1.165, 1.54) is 0 Å². The highest BCUT2D eigenvalue weighted by molar-refractivity contribution is 6.30. The second-order valence-corrected chi connectivity index (χ2v) is 6.53. The number of rotatable bonds is 2. The standard InChI is InChI=1S/C19H20ClN3O2/c1-14-4-2-7-17(12-14)21-19(25)23-10-8-22(9-11-23)18(24)15-5-3-6-16(20)13-15/h2-7,12-13H,8-11H2,1H3,(H,21,25). The van der Waals surface area contributed by atoms with E-state index in [-0.39, 0.29) is 11.9 Å². The molecule has 1 aliphatic heterocycles. The summed E-state index contributed by atoms with van der Waals surface area (Å²) in [7, 11) is 0. The Bertz CT molecular complexity index is 786. The number of halogens is 1. The van der Waals surface area contributed by atoms with Gasteiger partial charge in [0.05, 0.1) is 0 Å². The Hall–Kier alpha value is -2.53. The molecule has 1 N–H and O–H groups in total. The highest BCUT2D eigenvalue weighted by atomic mass is 35.5. The van der Waals surface area contributed by atoms with Crippen molar-refractivity contribution in [2.45, 2.75) is 6.92 Å². The largest absolute Gasteiger partial charge is 0.335 e. The number of nitrogens with zero attached hydrogens (tertiary/aromatic N) is 2. The van der Waals surface area contributed by atoms with Crippen LogP contribution in [0, 0.1) is 6.92 Å². The number of benzene rings is 2. The van der Waals surface area contributed by atoms with Crippen LogP contribution in [-0.4, -0.2) is 47.9 Å². The molecule has 3 amide bonds. The van der Waals surface area contributed by atoms with Crippen molar-refractivity contribution in [2.75, 3.05) is 31.5 Å². The molecular formula is C19H20ClN3O2. The van der Waals surface area contributed by atoms with Crippen molar-refractivity contribution >= 4 is 29.2 Å². The molecule has 3 rings (SSSR count).